The maximum atomic E-state index is 11.3. The van der Waals surface area contributed by atoms with Crippen molar-refractivity contribution in [3.05, 3.63) is 12.2 Å². The van der Waals surface area contributed by atoms with Gasteiger partial charge in [-0.05, 0) is 20.3 Å². The van der Waals surface area contributed by atoms with Gasteiger partial charge in [-0.1, -0.05) is 0 Å². The number of alkyl halides is 1. The number of Topliss-reactive ketones (excluding diaryl/α,β-unsaturated/α-hetero) is 1. The van der Waals surface area contributed by atoms with Crippen LogP contribution in [0.2, 0.25) is 0 Å². The van der Waals surface area contributed by atoms with Gasteiger partial charge < -0.3 is 0 Å². The highest BCUT2D eigenvalue weighted by Crippen LogP contribution is 2.12. The van der Waals surface area contributed by atoms with Crippen molar-refractivity contribution < 1.29 is 4.79 Å². The van der Waals surface area contributed by atoms with Crippen LogP contribution in [0.3, 0.4) is 0 Å². The minimum atomic E-state index is -0.0306. The third-order valence-corrected chi connectivity index (χ3v) is 2.67. The summed E-state index contributed by atoms with van der Waals surface area (Å²) in [5.74, 6) is 1.51. The average Bonchev–Trinajstić information content (AvgIpc) is 2.64. The molecule has 1 heterocycles. The molecule has 1 rings (SSSR count). The molecular weight excluding hydrogens is 214 g/mol. The lowest BCUT2D eigenvalue weighted by Gasteiger charge is -2.11. The molecule has 0 saturated carbocycles. The number of rotatable bonds is 6. The molecule has 0 aliphatic heterocycles. The summed E-state index contributed by atoms with van der Waals surface area (Å²) in [6.45, 7) is 4.38. The zero-order chi connectivity index (χ0) is 11.3. The summed E-state index contributed by atoms with van der Waals surface area (Å²) in [5.41, 5.74) is 0. The molecule has 15 heavy (non-hydrogen) atoms. The summed E-state index contributed by atoms with van der Waals surface area (Å²) in [6, 6.07) is 0. The third-order valence-electron chi connectivity index (χ3n) is 2.46. The Morgan fingerprint density at radius 3 is 2.93 bits per heavy atom. The summed E-state index contributed by atoms with van der Waals surface area (Å²) in [7, 11) is 0. The number of aryl methyl sites for hydroxylation is 1. The van der Waals surface area contributed by atoms with E-state index in [1.165, 1.54) is 6.33 Å². The van der Waals surface area contributed by atoms with Gasteiger partial charge in [0.05, 0.1) is 0 Å². The van der Waals surface area contributed by atoms with Gasteiger partial charge in [0.15, 0.2) is 0 Å². The molecule has 84 valence electrons. The number of hydrogen-bond acceptors (Lipinski definition) is 3. The first kappa shape index (κ1) is 12.2. The molecule has 0 aliphatic rings. The van der Waals surface area contributed by atoms with E-state index in [0.717, 1.165) is 12.4 Å². The van der Waals surface area contributed by atoms with Crippen molar-refractivity contribution in [3.8, 4) is 0 Å². The fraction of sp³-hybridized carbons (Fsp3) is 0.700. The molecule has 0 radical (unpaired) electrons. The quantitative estimate of drug-likeness (QED) is 0.698. The lowest BCUT2D eigenvalue weighted by atomic mass is 9.98. The summed E-state index contributed by atoms with van der Waals surface area (Å²) in [5, 5.41) is 4.07. The molecule has 0 fully saturated rings. The number of aromatic nitrogens is 3. The second-order valence-corrected chi connectivity index (χ2v) is 3.86. The molecule has 4 nitrogen and oxygen atoms in total. The molecule has 0 aliphatic carbocycles. The molecule has 0 amide bonds. The summed E-state index contributed by atoms with van der Waals surface area (Å²) < 4.78 is 1.81. The van der Waals surface area contributed by atoms with Crippen LogP contribution in [0.4, 0.5) is 0 Å². The number of carbonyl (C=O) groups excluding carboxylic acids is 1. The van der Waals surface area contributed by atoms with Crippen LogP contribution < -0.4 is 0 Å². The van der Waals surface area contributed by atoms with E-state index < -0.39 is 0 Å². The van der Waals surface area contributed by atoms with Crippen LogP contribution in [0.15, 0.2) is 6.33 Å². The van der Waals surface area contributed by atoms with Crippen LogP contribution in [0, 0.1) is 5.92 Å². The summed E-state index contributed by atoms with van der Waals surface area (Å²) in [6.07, 6.45) is 2.86. The van der Waals surface area contributed by atoms with E-state index in [-0.39, 0.29) is 11.7 Å². The van der Waals surface area contributed by atoms with E-state index in [4.69, 9.17) is 11.6 Å². The second-order valence-electron chi connectivity index (χ2n) is 3.48. The molecule has 1 aromatic rings. The Kier molecular flexibility index (Phi) is 4.75. The van der Waals surface area contributed by atoms with Gasteiger partial charge in [-0.2, -0.15) is 5.10 Å². The topological polar surface area (TPSA) is 47.8 Å². The number of halogens is 1. The van der Waals surface area contributed by atoms with Gasteiger partial charge >= 0.3 is 0 Å². The van der Waals surface area contributed by atoms with Crippen molar-refractivity contribution in [2.45, 2.75) is 33.2 Å². The smallest absolute Gasteiger partial charge is 0.138 e. The molecule has 0 aromatic carbocycles. The maximum absolute atomic E-state index is 11.3. The van der Waals surface area contributed by atoms with E-state index >= 15 is 0 Å². The van der Waals surface area contributed by atoms with Crippen LogP contribution in [0.5, 0.6) is 0 Å². The fourth-order valence-corrected chi connectivity index (χ4v) is 1.77. The molecule has 0 N–H and O–H groups in total. The van der Waals surface area contributed by atoms with Gasteiger partial charge in [0.2, 0.25) is 0 Å². The largest absolute Gasteiger partial charge is 0.300 e. The molecule has 0 spiro atoms. The second kappa shape index (κ2) is 5.85. The monoisotopic (exact) mass is 229 g/mol. The first-order valence-electron chi connectivity index (χ1n) is 5.12. The number of ketones is 1. The van der Waals surface area contributed by atoms with Crippen LogP contribution in [0.1, 0.15) is 26.1 Å². The molecule has 0 saturated heterocycles. The molecule has 0 bridgehead atoms. The van der Waals surface area contributed by atoms with Gasteiger partial charge in [-0.15, -0.1) is 11.6 Å². The normalized spacial score (nSPS) is 12.7. The highest BCUT2D eigenvalue weighted by molar-refractivity contribution is 6.18. The zero-order valence-corrected chi connectivity index (χ0v) is 9.87. The molecule has 5 heteroatoms. The predicted octanol–water partition coefficient (Wildman–Crippen LogP) is 1.67. The first-order valence-corrected chi connectivity index (χ1v) is 5.65. The first-order chi connectivity index (χ1) is 7.19. The summed E-state index contributed by atoms with van der Waals surface area (Å²) >= 11 is 5.66. The van der Waals surface area contributed by atoms with Crippen molar-refractivity contribution in [2.75, 3.05) is 5.88 Å². The summed E-state index contributed by atoms with van der Waals surface area (Å²) in [4.78, 5) is 15.5. The maximum Gasteiger partial charge on any atom is 0.138 e. The van der Waals surface area contributed by atoms with E-state index in [1.807, 2.05) is 11.6 Å². The molecule has 1 aromatic heterocycles. The Hall–Kier alpha value is -0.900. The molecule has 1 atom stereocenters. The van der Waals surface area contributed by atoms with Crippen molar-refractivity contribution in [2.24, 2.45) is 5.92 Å². The van der Waals surface area contributed by atoms with E-state index in [0.29, 0.717) is 18.7 Å². The number of hydrogen-bond donors (Lipinski definition) is 0. The van der Waals surface area contributed by atoms with Crippen molar-refractivity contribution in [1.82, 2.24) is 14.8 Å². The Morgan fingerprint density at radius 1 is 1.67 bits per heavy atom. The Morgan fingerprint density at radius 2 is 2.40 bits per heavy atom. The minimum Gasteiger partial charge on any atom is -0.300 e. The van der Waals surface area contributed by atoms with Gasteiger partial charge in [0.1, 0.15) is 17.9 Å². The van der Waals surface area contributed by atoms with Gasteiger partial charge in [-0.25, -0.2) is 4.98 Å². The SMILES string of the molecule is CCn1ncnc1CC(CCCl)C(C)=O. The van der Waals surface area contributed by atoms with Crippen LogP contribution in [-0.4, -0.2) is 26.4 Å². The zero-order valence-electron chi connectivity index (χ0n) is 9.11. The van der Waals surface area contributed by atoms with Crippen molar-refractivity contribution in [3.63, 3.8) is 0 Å². The Balaban J connectivity index is 2.69. The molecular formula is C10H16ClN3O. The lowest BCUT2D eigenvalue weighted by molar-refractivity contribution is -0.120. The average molecular weight is 230 g/mol. The lowest BCUT2D eigenvalue weighted by Crippen LogP contribution is -2.17. The predicted molar refractivity (Wildman–Crippen MR) is 58.9 cm³/mol. The fourth-order valence-electron chi connectivity index (χ4n) is 1.51. The van der Waals surface area contributed by atoms with Crippen molar-refractivity contribution in [1.29, 1.82) is 0 Å². The van der Waals surface area contributed by atoms with Gasteiger partial charge in [-0.3, -0.25) is 9.48 Å². The van der Waals surface area contributed by atoms with Crippen LogP contribution in [-0.2, 0) is 17.8 Å². The Labute approximate surface area is 94.6 Å². The van der Waals surface area contributed by atoms with E-state index in [2.05, 4.69) is 10.1 Å². The van der Waals surface area contributed by atoms with Crippen LogP contribution >= 0.6 is 11.6 Å². The van der Waals surface area contributed by atoms with Gasteiger partial charge in [0, 0.05) is 24.8 Å². The third kappa shape index (κ3) is 3.30. The number of carbonyl (C=O) groups is 1. The molecule has 1 unspecified atom stereocenters. The van der Waals surface area contributed by atoms with Crippen molar-refractivity contribution >= 4 is 17.4 Å². The van der Waals surface area contributed by atoms with E-state index in [9.17, 15) is 4.79 Å². The Bertz CT molecular complexity index is 324. The highest BCUT2D eigenvalue weighted by atomic mass is 35.5. The standard InChI is InChI=1S/C10H16ClN3O/c1-3-14-10(12-7-13-14)6-9(4-5-11)8(2)15/h7,9H,3-6H2,1-2H3. The van der Waals surface area contributed by atoms with Crippen LogP contribution in [0.25, 0.3) is 0 Å². The number of nitrogens with zero attached hydrogens (tertiary/aromatic N) is 3. The van der Waals surface area contributed by atoms with E-state index in [1.54, 1.807) is 6.92 Å². The minimum absolute atomic E-state index is 0.0306. The van der Waals surface area contributed by atoms with Gasteiger partial charge in [0.25, 0.3) is 0 Å². The highest BCUT2D eigenvalue weighted by Gasteiger charge is 2.17.